The lowest BCUT2D eigenvalue weighted by atomic mass is 9.99. The maximum atomic E-state index is 11.5. The third-order valence-corrected chi connectivity index (χ3v) is 4.11. The summed E-state index contributed by atoms with van der Waals surface area (Å²) in [6.07, 6.45) is 0. The van der Waals surface area contributed by atoms with Gasteiger partial charge in [-0.3, -0.25) is 10.1 Å². The maximum absolute atomic E-state index is 11.5. The van der Waals surface area contributed by atoms with Gasteiger partial charge in [0.1, 0.15) is 6.04 Å². The number of nitrogens with one attached hydrogen (secondary N) is 1. The normalized spacial score (nSPS) is 14.8. The van der Waals surface area contributed by atoms with Crippen molar-refractivity contribution in [2.45, 2.75) is 25.9 Å². The molecule has 0 radical (unpaired) electrons. The summed E-state index contributed by atoms with van der Waals surface area (Å²) in [6.45, 7) is 3.86. The third-order valence-electron chi connectivity index (χ3n) is 4.11. The van der Waals surface area contributed by atoms with Gasteiger partial charge in [0.2, 0.25) is 0 Å². The molecule has 3 nitrogen and oxygen atoms in total. The Bertz CT molecular complexity index is 633. The van der Waals surface area contributed by atoms with Gasteiger partial charge in [-0.1, -0.05) is 62.4 Å². The van der Waals surface area contributed by atoms with Crippen LogP contribution < -0.4 is 5.32 Å². The van der Waals surface area contributed by atoms with Crippen molar-refractivity contribution in [1.82, 2.24) is 5.32 Å². The molecule has 0 heterocycles. The summed E-state index contributed by atoms with van der Waals surface area (Å²) in [7, 11) is 0. The molecule has 1 aliphatic carbocycles. The van der Waals surface area contributed by atoms with Gasteiger partial charge >= 0.3 is 5.97 Å². The topological polar surface area (TPSA) is 49.3 Å². The fraction of sp³-hybridized carbons (Fsp3) is 0.278. The van der Waals surface area contributed by atoms with E-state index in [9.17, 15) is 9.90 Å². The van der Waals surface area contributed by atoms with Crippen LogP contribution in [0.1, 0.15) is 31.0 Å². The first-order valence-electron chi connectivity index (χ1n) is 7.26. The van der Waals surface area contributed by atoms with Gasteiger partial charge in [-0.05, 0) is 28.2 Å². The van der Waals surface area contributed by atoms with E-state index in [0.29, 0.717) is 0 Å². The molecule has 0 saturated heterocycles. The number of carbonyl (C=O) groups is 1. The zero-order valence-electron chi connectivity index (χ0n) is 12.2. The first-order chi connectivity index (χ1) is 10.1. The molecule has 0 bridgehead atoms. The van der Waals surface area contributed by atoms with Crippen LogP contribution in [-0.2, 0) is 4.79 Å². The third kappa shape index (κ3) is 2.34. The van der Waals surface area contributed by atoms with Crippen LogP contribution in [0.25, 0.3) is 11.1 Å². The van der Waals surface area contributed by atoms with Gasteiger partial charge in [0.15, 0.2) is 0 Å². The molecule has 108 valence electrons. The Balaban J connectivity index is 2.04. The number of benzene rings is 2. The summed E-state index contributed by atoms with van der Waals surface area (Å²) in [5.74, 6) is -0.769. The molecule has 2 N–H and O–H groups in total. The number of hydrogen-bond acceptors (Lipinski definition) is 2. The highest BCUT2D eigenvalue weighted by molar-refractivity contribution is 5.79. The highest BCUT2D eigenvalue weighted by atomic mass is 16.4. The van der Waals surface area contributed by atoms with Gasteiger partial charge in [-0.15, -0.1) is 0 Å². The molecule has 1 unspecified atom stereocenters. The summed E-state index contributed by atoms with van der Waals surface area (Å²) in [5, 5.41) is 12.8. The average molecular weight is 281 g/mol. The number of rotatable bonds is 4. The number of carboxylic acids is 1. The molecule has 1 aliphatic rings. The standard InChI is InChI=1S/C18H19NO2/c1-11(2)16(18(20)21)19-17-14-9-5-3-7-12(14)13-8-4-6-10-15(13)17/h3-11,16-17,19H,1-2H3,(H,20,21). The molecule has 0 saturated carbocycles. The molecule has 0 aromatic heterocycles. The van der Waals surface area contributed by atoms with Crippen LogP contribution in [0.3, 0.4) is 0 Å². The van der Waals surface area contributed by atoms with Crippen molar-refractivity contribution in [2.75, 3.05) is 0 Å². The Hall–Kier alpha value is -2.13. The smallest absolute Gasteiger partial charge is 0.320 e. The highest BCUT2D eigenvalue weighted by Gasteiger charge is 2.32. The number of aliphatic carboxylic acids is 1. The van der Waals surface area contributed by atoms with Crippen molar-refractivity contribution in [3.63, 3.8) is 0 Å². The second-order valence-corrected chi connectivity index (χ2v) is 5.83. The van der Waals surface area contributed by atoms with Crippen molar-refractivity contribution in [2.24, 2.45) is 5.92 Å². The number of hydrogen-bond donors (Lipinski definition) is 2. The molecule has 0 spiro atoms. The van der Waals surface area contributed by atoms with Crippen LogP contribution in [0.2, 0.25) is 0 Å². The Morgan fingerprint density at radius 2 is 1.48 bits per heavy atom. The predicted molar refractivity (Wildman–Crippen MR) is 83.1 cm³/mol. The van der Waals surface area contributed by atoms with Gasteiger partial charge in [-0.2, -0.15) is 0 Å². The van der Waals surface area contributed by atoms with Crippen molar-refractivity contribution in [1.29, 1.82) is 0 Å². The fourth-order valence-corrected chi connectivity index (χ4v) is 3.06. The van der Waals surface area contributed by atoms with Gasteiger partial charge in [0, 0.05) is 0 Å². The zero-order valence-corrected chi connectivity index (χ0v) is 12.2. The van der Waals surface area contributed by atoms with E-state index < -0.39 is 12.0 Å². The molecule has 0 fully saturated rings. The zero-order chi connectivity index (χ0) is 15.0. The van der Waals surface area contributed by atoms with Crippen LogP contribution in [-0.4, -0.2) is 17.1 Å². The molecule has 3 rings (SSSR count). The number of fused-ring (bicyclic) bond motifs is 3. The largest absolute Gasteiger partial charge is 0.480 e. The van der Waals surface area contributed by atoms with Crippen LogP contribution in [0, 0.1) is 5.92 Å². The molecule has 1 atom stereocenters. The number of carboxylic acid groups (broad SMARTS) is 1. The van der Waals surface area contributed by atoms with E-state index in [0.717, 1.165) is 11.1 Å². The van der Waals surface area contributed by atoms with E-state index in [4.69, 9.17) is 0 Å². The van der Waals surface area contributed by atoms with E-state index in [-0.39, 0.29) is 12.0 Å². The van der Waals surface area contributed by atoms with Crippen LogP contribution >= 0.6 is 0 Å². The minimum Gasteiger partial charge on any atom is -0.480 e. The first kappa shape index (κ1) is 13.8. The van der Waals surface area contributed by atoms with Crippen LogP contribution in [0.5, 0.6) is 0 Å². The highest BCUT2D eigenvalue weighted by Crippen LogP contribution is 2.43. The Morgan fingerprint density at radius 3 is 1.90 bits per heavy atom. The molecular weight excluding hydrogens is 262 g/mol. The van der Waals surface area contributed by atoms with Gasteiger partial charge in [0.25, 0.3) is 0 Å². The lowest BCUT2D eigenvalue weighted by Gasteiger charge is -2.24. The second-order valence-electron chi connectivity index (χ2n) is 5.83. The minimum absolute atomic E-state index is 0.0300. The van der Waals surface area contributed by atoms with Crippen molar-refractivity contribution < 1.29 is 9.90 Å². The summed E-state index contributed by atoms with van der Waals surface area (Å²) in [5.41, 5.74) is 4.70. The predicted octanol–water partition coefficient (Wildman–Crippen LogP) is 3.46. The molecule has 2 aromatic carbocycles. The molecule has 0 aliphatic heterocycles. The molecule has 2 aromatic rings. The van der Waals surface area contributed by atoms with Crippen molar-refractivity contribution in [3.8, 4) is 11.1 Å². The lowest BCUT2D eigenvalue weighted by Crippen LogP contribution is -2.42. The lowest BCUT2D eigenvalue weighted by molar-refractivity contribution is -0.140. The quantitative estimate of drug-likeness (QED) is 0.902. The molecule has 21 heavy (non-hydrogen) atoms. The van der Waals surface area contributed by atoms with E-state index in [2.05, 4.69) is 29.6 Å². The van der Waals surface area contributed by atoms with Gasteiger partial charge in [-0.25, -0.2) is 0 Å². The molecule has 0 amide bonds. The SMILES string of the molecule is CC(C)C(NC1c2ccccc2-c2ccccc21)C(=O)O. The Labute approximate surface area is 124 Å². The summed E-state index contributed by atoms with van der Waals surface area (Å²) in [4.78, 5) is 11.5. The maximum Gasteiger partial charge on any atom is 0.320 e. The van der Waals surface area contributed by atoms with Crippen LogP contribution in [0.4, 0.5) is 0 Å². The summed E-state index contributed by atoms with van der Waals surface area (Å²) in [6, 6.07) is 15.8. The summed E-state index contributed by atoms with van der Waals surface area (Å²) >= 11 is 0. The Kier molecular flexibility index (Phi) is 3.52. The second kappa shape index (κ2) is 5.34. The Morgan fingerprint density at radius 1 is 1.00 bits per heavy atom. The van der Waals surface area contributed by atoms with E-state index >= 15 is 0 Å². The fourth-order valence-electron chi connectivity index (χ4n) is 3.06. The van der Waals surface area contributed by atoms with Crippen LogP contribution in [0.15, 0.2) is 48.5 Å². The van der Waals surface area contributed by atoms with E-state index in [1.807, 2.05) is 38.1 Å². The van der Waals surface area contributed by atoms with Gasteiger partial charge < -0.3 is 5.11 Å². The van der Waals surface area contributed by atoms with E-state index in [1.165, 1.54) is 11.1 Å². The monoisotopic (exact) mass is 281 g/mol. The first-order valence-corrected chi connectivity index (χ1v) is 7.26. The van der Waals surface area contributed by atoms with Gasteiger partial charge in [0.05, 0.1) is 6.04 Å². The molecule has 3 heteroatoms. The average Bonchev–Trinajstić information content (AvgIpc) is 2.78. The van der Waals surface area contributed by atoms with Crippen molar-refractivity contribution >= 4 is 5.97 Å². The van der Waals surface area contributed by atoms with E-state index in [1.54, 1.807) is 0 Å². The summed E-state index contributed by atoms with van der Waals surface area (Å²) < 4.78 is 0. The molecular formula is C18H19NO2. The van der Waals surface area contributed by atoms with Crippen molar-refractivity contribution in [3.05, 3.63) is 59.7 Å². The minimum atomic E-state index is -0.799.